The second-order valence-electron chi connectivity index (χ2n) is 9.76. The van der Waals surface area contributed by atoms with Gasteiger partial charge in [-0.05, 0) is 36.2 Å². The van der Waals surface area contributed by atoms with Gasteiger partial charge in [-0.1, -0.05) is 66.2 Å². The summed E-state index contributed by atoms with van der Waals surface area (Å²) in [5, 5.41) is 13.0. The number of amides is 2. The summed E-state index contributed by atoms with van der Waals surface area (Å²) < 4.78 is 0. The van der Waals surface area contributed by atoms with Crippen LogP contribution in [0.5, 0.6) is 0 Å². The van der Waals surface area contributed by atoms with E-state index in [1.165, 1.54) is 0 Å². The van der Waals surface area contributed by atoms with Crippen molar-refractivity contribution in [3.8, 4) is 6.07 Å². The Kier molecular flexibility index (Phi) is 7.92. The van der Waals surface area contributed by atoms with Crippen LogP contribution in [0.3, 0.4) is 0 Å². The zero-order chi connectivity index (χ0) is 26.5. The van der Waals surface area contributed by atoms with E-state index >= 15 is 0 Å². The maximum atomic E-state index is 13.8. The van der Waals surface area contributed by atoms with Crippen LogP contribution < -0.4 is 10.2 Å². The Balaban J connectivity index is 1.28. The van der Waals surface area contributed by atoms with E-state index in [0.29, 0.717) is 61.8 Å². The molecule has 0 saturated carbocycles. The molecule has 7 nitrogen and oxygen atoms in total. The Morgan fingerprint density at radius 3 is 2.34 bits per heavy atom. The Morgan fingerprint density at radius 1 is 0.921 bits per heavy atom. The van der Waals surface area contributed by atoms with Crippen LogP contribution in [0.2, 0.25) is 5.02 Å². The lowest BCUT2D eigenvalue weighted by atomic mass is 10.1. The summed E-state index contributed by atoms with van der Waals surface area (Å²) in [7, 11) is 0. The van der Waals surface area contributed by atoms with Gasteiger partial charge in [-0.25, -0.2) is 0 Å². The normalized spacial score (nSPS) is 19.7. The van der Waals surface area contributed by atoms with Crippen molar-refractivity contribution >= 4 is 29.1 Å². The first-order valence-electron chi connectivity index (χ1n) is 12.9. The molecule has 3 aromatic carbocycles. The molecule has 8 heteroatoms. The molecule has 3 aromatic rings. The molecule has 2 amide bonds. The Morgan fingerprint density at radius 2 is 1.61 bits per heavy atom. The van der Waals surface area contributed by atoms with Crippen molar-refractivity contribution in [1.82, 2.24) is 15.1 Å². The number of rotatable bonds is 6. The zero-order valence-corrected chi connectivity index (χ0v) is 21.8. The largest absolute Gasteiger partial charge is 0.367 e. The molecule has 0 aromatic heterocycles. The number of nitrogens with one attached hydrogen (secondary N) is 1. The third kappa shape index (κ3) is 5.67. The van der Waals surface area contributed by atoms with Gasteiger partial charge in [0.25, 0.3) is 5.91 Å². The highest BCUT2D eigenvalue weighted by Gasteiger charge is 2.40. The fourth-order valence-electron chi connectivity index (χ4n) is 5.39. The first-order valence-corrected chi connectivity index (χ1v) is 13.3. The van der Waals surface area contributed by atoms with Gasteiger partial charge in [0.1, 0.15) is 6.07 Å². The van der Waals surface area contributed by atoms with Crippen LogP contribution >= 0.6 is 11.6 Å². The lowest BCUT2D eigenvalue weighted by Crippen LogP contribution is -2.53. The Labute approximate surface area is 228 Å². The Hall–Kier alpha value is -3.86. The van der Waals surface area contributed by atoms with Crippen molar-refractivity contribution in [1.29, 1.82) is 5.26 Å². The molecule has 38 heavy (non-hydrogen) atoms. The highest BCUT2D eigenvalue weighted by Crippen LogP contribution is 2.26. The molecular formula is C30H30ClN5O2. The number of hydrogen-bond donors (Lipinski definition) is 1. The van der Waals surface area contributed by atoms with Crippen LogP contribution in [-0.4, -0.2) is 66.4 Å². The van der Waals surface area contributed by atoms with Gasteiger partial charge in [0.15, 0.2) is 0 Å². The molecule has 2 heterocycles. The number of para-hydroxylation sites is 1. The summed E-state index contributed by atoms with van der Waals surface area (Å²) in [6.45, 7) is 3.73. The molecule has 0 unspecified atom stereocenters. The van der Waals surface area contributed by atoms with Crippen LogP contribution in [0, 0.1) is 11.3 Å². The predicted molar refractivity (Wildman–Crippen MR) is 148 cm³/mol. The third-order valence-corrected chi connectivity index (χ3v) is 7.66. The highest BCUT2D eigenvalue weighted by molar-refractivity contribution is 6.33. The monoisotopic (exact) mass is 527 g/mol. The minimum atomic E-state index is -0.329. The lowest BCUT2D eigenvalue weighted by Gasteiger charge is -2.38. The highest BCUT2D eigenvalue weighted by atomic mass is 35.5. The molecule has 5 rings (SSSR count). The summed E-state index contributed by atoms with van der Waals surface area (Å²) in [6.07, 6.45) is 0.541. The number of carbonyl (C=O) groups is 2. The number of hydrogen-bond acceptors (Lipinski definition) is 5. The molecule has 0 aliphatic carbocycles. The standard InChI is InChI=1S/C30H30ClN5O2/c31-26-12-6-5-11-25(26)29(37)33-24-18-28(36(21-24)20-22-8-2-1-3-9-22)30(38)35-16-14-34(15-17-35)27-13-7-4-10-23(27)19-32/h1-13,24,28H,14-18,20-21H2,(H,33,37)/t24-,28-/m0/s1. The maximum absolute atomic E-state index is 13.8. The molecule has 194 valence electrons. The second kappa shape index (κ2) is 11.7. The number of halogens is 1. The van der Waals surface area contributed by atoms with Crippen molar-refractivity contribution in [2.45, 2.75) is 25.0 Å². The summed E-state index contributed by atoms with van der Waals surface area (Å²) in [5.74, 6) is -0.137. The quantitative estimate of drug-likeness (QED) is 0.525. The van der Waals surface area contributed by atoms with E-state index in [9.17, 15) is 14.9 Å². The summed E-state index contributed by atoms with van der Waals surface area (Å²) >= 11 is 6.24. The smallest absolute Gasteiger partial charge is 0.253 e. The molecular weight excluding hydrogens is 498 g/mol. The zero-order valence-electron chi connectivity index (χ0n) is 21.1. The van der Waals surface area contributed by atoms with E-state index in [4.69, 9.17) is 11.6 Å². The van der Waals surface area contributed by atoms with Gasteiger partial charge in [0.2, 0.25) is 5.91 Å². The molecule has 0 bridgehead atoms. The minimum absolute atomic E-state index is 0.0867. The predicted octanol–water partition coefficient (Wildman–Crippen LogP) is 3.93. The first kappa shape index (κ1) is 25.8. The minimum Gasteiger partial charge on any atom is -0.367 e. The van der Waals surface area contributed by atoms with Crippen LogP contribution in [0.4, 0.5) is 5.69 Å². The van der Waals surface area contributed by atoms with Crippen molar-refractivity contribution in [3.63, 3.8) is 0 Å². The Bertz CT molecular complexity index is 1330. The van der Waals surface area contributed by atoms with Gasteiger partial charge in [0.05, 0.1) is 27.9 Å². The third-order valence-electron chi connectivity index (χ3n) is 7.33. The number of nitrogens with zero attached hydrogens (tertiary/aromatic N) is 4. The molecule has 2 aliphatic rings. The molecule has 2 atom stereocenters. The maximum Gasteiger partial charge on any atom is 0.253 e. The fourth-order valence-corrected chi connectivity index (χ4v) is 5.61. The first-order chi connectivity index (χ1) is 18.5. The summed E-state index contributed by atoms with van der Waals surface area (Å²) in [4.78, 5) is 33.0. The number of benzene rings is 3. The average Bonchev–Trinajstić information content (AvgIpc) is 3.35. The number of anilines is 1. The van der Waals surface area contributed by atoms with E-state index in [-0.39, 0.29) is 23.9 Å². The molecule has 2 saturated heterocycles. The fraction of sp³-hybridized carbons (Fsp3) is 0.300. The van der Waals surface area contributed by atoms with Gasteiger partial charge in [-0.15, -0.1) is 0 Å². The van der Waals surface area contributed by atoms with E-state index in [0.717, 1.165) is 11.3 Å². The van der Waals surface area contributed by atoms with Crippen molar-refractivity contribution in [2.24, 2.45) is 0 Å². The SMILES string of the molecule is N#Cc1ccccc1N1CCN(C(=O)[C@@H]2C[C@H](NC(=O)c3ccccc3Cl)CN2Cc2ccccc2)CC1. The van der Waals surface area contributed by atoms with E-state index < -0.39 is 0 Å². The number of likely N-dealkylation sites (tertiary alicyclic amines) is 1. The topological polar surface area (TPSA) is 79.7 Å². The van der Waals surface area contributed by atoms with Crippen LogP contribution in [0.1, 0.15) is 27.9 Å². The van der Waals surface area contributed by atoms with E-state index in [2.05, 4.69) is 33.3 Å². The molecule has 2 aliphatic heterocycles. The van der Waals surface area contributed by atoms with Crippen molar-refractivity contribution in [3.05, 3.63) is 101 Å². The molecule has 0 spiro atoms. The van der Waals surface area contributed by atoms with Crippen molar-refractivity contribution in [2.75, 3.05) is 37.6 Å². The summed E-state index contributed by atoms with van der Waals surface area (Å²) in [5.41, 5.74) is 3.12. The second-order valence-corrected chi connectivity index (χ2v) is 10.2. The number of nitriles is 1. The van der Waals surface area contributed by atoms with Crippen LogP contribution in [0.15, 0.2) is 78.9 Å². The van der Waals surface area contributed by atoms with Gasteiger partial charge in [0, 0.05) is 45.3 Å². The van der Waals surface area contributed by atoms with Crippen LogP contribution in [0.25, 0.3) is 0 Å². The average molecular weight is 528 g/mol. The van der Waals surface area contributed by atoms with Gasteiger partial charge in [-0.3, -0.25) is 14.5 Å². The van der Waals surface area contributed by atoms with Gasteiger partial charge in [-0.2, -0.15) is 5.26 Å². The van der Waals surface area contributed by atoms with Crippen LogP contribution in [-0.2, 0) is 11.3 Å². The number of carbonyl (C=O) groups excluding carboxylic acids is 2. The lowest BCUT2D eigenvalue weighted by molar-refractivity contribution is -0.136. The number of piperazine rings is 1. The van der Waals surface area contributed by atoms with E-state index in [1.807, 2.05) is 47.4 Å². The summed E-state index contributed by atoms with van der Waals surface area (Å²) in [6, 6.07) is 26.4. The molecule has 0 radical (unpaired) electrons. The van der Waals surface area contributed by atoms with Gasteiger partial charge >= 0.3 is 0 Å². The van der Waals surface area contributed by atoms with Gasteiger partial charge < -0.3 is 15.1 Å². The van der Waals surface area contributed by atoms with E-state index in [1.54, 1.807) is 24.3 Å². The van der Waals surface area contributed by atoms with Crippen molar-refractivity contribution < 1.29 is 9.59 Å². The molecule has 2 fully saturated rings. The molecule has 1 N–H and O–H groups in total.